The number of hydrogen-bond acceptors (Lipinski definition) is 0. The average Bonchev–Trinajstić information content (AvgIpc) is 2.59. The molecule has 2 heteroatoms. The Kier molecular flexibility index (Phi) is 2.46. The molecule has 2 aliphatic heterocycles. The van der Waals surface area contributed by atoms with E-state index in [1.54, 1.807) is 5.71 Å². The van der Waals surface area contributed by atoms with Crippen molar-refractivity contribution in [2.24, 2.45) is 5.92 Å². The molecule has 1 unspecified atom stereocenters. The number of nitrogens with zero attached hydrogens (tertiary/aromatic N) is 2. The van der Waals surface area contributed by atoms with E-state index in [2.05, 4.69) is 43.1 Å². The van der Waals surface area contributed by atoms with Crippen LogP contribution in [0.4, 0.5) is 0 Å². The Morgan fingerprint density at radius 2 is 2.00 bits per heavy atom. The van der Waals surface area contributed by atoms with Gasteiger partial charge in [-0.15, -0.1) is 0 Å². The fourth-order valence-electron chi connectivity index (χ4n) is 2.65. The van der Waals surface area contributed by atoms with Crippen LogP contribution in [0.3, 0.4) is 0 Å². The maximum Gasteiger partial charge on any atom is 0.343 e. The Balaban J connectivity index is 2.33. The van der Waals surface area contributed by atoms with Crippen LogP contribution in [0.5, 0.6) is 0 Å². The van der Waals surface area contributed by atoms with Gasteiger partial charge in [-0.3, -0.25) is 0 Å². The van der Waals surface area contributed by atoms with Crippen LogP contribution in [-0.2, 0) is 0 Å². The molecule has 2 heterocycles. The molecule has 2 rings (SSSR count). The summed E-state index contributed by atoms with van der Waals surface area (Å²) in [4.78, 5) is 0. The Morgan fingerprint density at radius 1 is 1.29 bits per heavy atom. The molecule has 78 valence electrons. The van der Waals surface area contributed by atoms with Crippen molar-refractivity contribution in [3.63, 3.8) is 0 Å². The first kappa shape index (κ1) is 9.88. The third kappa shape index (κ3) is 1.41. The fraction of sp³-hybridized carbons (Fsp3) is 0.833. The molecular weight excluding hydrogens is 172 g/mol. The zero-order valence-electron chi connectivity index (χ0n) is 9.83. The molecule has 2 nitrogen and oxygen atoms in total. The second kappa shape index (κ2) is 3.48. The van der Waals surface area contributed by atoms with Gasteiger partial charge in [-0.25, -0.2) is 0 Å². The standard InChI is InChI=1S/C12H22N2/c1-9(2)11-8-14(10(3)4)12-6-5-7-13(11)12/h8-10,12H,5-7H2,1-4H3/q+2. The highest BCUT2D eigenvalue weighted by atomic mass is 15.3. The van der Waals surface area contributed by atoms with Gasteiger partial charge in [-0.2, -0.15) is 9.15 Å². The van der Waals surface area contributed by atoms with Crippen molar-refractivity contribution >= 4 is 11.9 Å². The Bertz CT molecular complexity index is 297. The lowest BCUT2D eigenvalue weighted by Gasteiger charge is -2.05. The van der Waals surface area contributed by atoms with Crippen LogP contribution >= 0.6 is 0 Å². The van der Waals surface area contributed by atoms with E-state index < -0.39 is 0 Å². The van der Waals surface area contributed by atoms with E-state index >= 15 is 0 Å². The minimum absolute atomic E-state index is 0.636. The first-order chi connectivity index (χ1) is 6.61. The van der Waals surface area contributed by atoms with E-state index in [0.29, 0.717) is 18.1 Å². The normalized spacial score (nSPS) is 26.4. The minimum Gasteiger partial charge on any atom is -0.168 e. The van der Waals surface area contributed by atoms with Crippen LogP contribution in [-0.4, -0.2) is 39.8 Å². The lowest BCUT2D eigenvalue weighted by molar-refractivity contribution is -0.761. The van der Waals surface area contributed by atoms with Crippen LogP contribution < -0.4 is 0 Å². The lowest BCUT2D eigenvalue weighted by Crippen LogP contribution is -2.32. The molecule has 0 aromatic rings. The van der Waals surface area contributed by atoms with Crippen LogP contribution in [0.25, 0.3) is 0 Å². The lowest BCUT2D eigenvalue weighted by atomic mass is 10.1. The van der Waals surface area contributed by atoms with E-state index in [1.165, 1.54) is 19.4 Å². The van der Waals surface area contributed by atoms with Crippen molar-refractivity contribution in [1.82, 2.24) is 0 Å². The highest BCUT2D eigenvalue weighted by molar-refractivity contribution is 6.27. The highest BCUT2D eigenvalue weighted by Crippen LogP contribution is 2.20. The summed E-state index contributed by atoms with van der Waals surface area (Å²) in [6.07, 6.45) is 5.76. The van der Waals surface area contributed by atoms with Gasteiger partial charge >= 0.3 is 6.17 Å². The molecule has 0 saturated carbocycles. The SMILES string of the molecule is CC(C)C1=[N+]2CCCC2[N+](C(C)C)=C1. The van der Waals surface area contributed by atoms with Crippen LogP contribution in [0, 0.1) is 5.92 Å². The monoisotopic (exact) mass is 194 g/mol. The summed E-state index contributed by atoms with van der Waals surface area (Å²) in [5.74, 6) is 0.666. The van der Waals surface area contributed by atoms with E-state index in [9.17, 15) is 0 Å². The smallest absolute Gasteiger partial charge is 0.168 e. The third-order valence-electron chi connectivity index (χ3n) is 3.37. The molecule has 0 N–H and O–H groups in total. The molecule has 2 aliphatic rings. The topological polar surface area (TPSA) is 6.02 Å². The molecule has 0 spiro atoms. The Morgan fingerprint density at radius 3 is 2.57 bits per heavy atom. The molecule has 1 saturated heterocycles. The maximum absolute atomic E-state index is 2.60. The molecule has 1 fully saturated rings. The molecule has 0 radical (unpaired) electrons. The molecule has 0 amide bonds. The van der Waals surface area contributed by atoms with E-state index in [1.807, 2.05) is 0 Å². The van der Waals surface area contributed by atoms with Crippen LogP contribution in [0.1, 0.15) is 40.5 Å². The van der Waals surface area contributed by atoms with Crippen molar-refractivity contribution in [2.75, 3.05) is 6.54 Å². The molecule has 0 bridgehead atoms. The molecule has 0 aromatic carbocycles. The minimum atomic E-state index is 0.636. The predicted octanol–water partition coefficient (Wildman–Crippen LogP) is 1.72. The van der Waals surface area contributed by atoms with Crippen molar-refractivity contribution in [3.8, 4) is 0 Å². The van der Waals surface area contributed by atoms with Gasteiger partial charge in [0.25, 0.3) is 0 Å². The van der Waals surface area contributed by atoms with Gasteiger partial charge in [0.05, 0.1) is 6.42 Å². The first-order valence-corrected chi connectivity index (χ1v) is 5.87. The largest absolute Gasteiger partial charge is 0.343 e. The van der Waals surface area contributed by atoms with Crippen LogP contribution in [0.15, 0.2) is 0 Å². The van der Waals surface area contributed by atoms with Gasteiger partial charge in [-0.1, -0.05) is 13.8 Å². The van der Waals surface area contributed by atoms with Gasteiger partial charge in [0.1, 0.15) is 0 Å². The molecule has 1 atom stereocenters. The quantitative estimate of drug-likeness (QED) is 0.590. The summed E-state index contributed by atoms with van der Waals surface area (Å²) in [5, 5.41) is 0. The molecule has 0 aliphatic carbocycles. The maximum atomic E-state index is 2.60. The second-order valence-electron chi connectivity index (χ2n) is 5.07. The fourth-order valence-corrected chi connectivity index (χ4v) is 2.65. The number of hydrogen-bond donors (Lipinski definition) is 0. The molecular formula is C12H22N2+2. The van der Waals surface area contributed by atoms with E-state index in [0.717, 1.165) is 0 Å². The van der Waals surface area contributed by atoms with Gasteiger partial charge in [0.15, 0.2) is 12.6 Å². The van der Waals surface area contributed by atoms with Gasteiger partial charge in [0, 0.05) is 12.3 Å². The van der Waals surface area contributed by atoms with Crippen molar-refractivity contribution < 1.29 is 9.15 Å². The number of fused-ring (bicyclic) bond motifs is 1. The van der Waals surface area contributed by atoms with Crippen molar-refractivity contribution in [1.29, 1.82) is 0 Å². The van der Waals surface area contributed by atoms with E-state index in [-0.39, 0.29) is 0 Å². The predicted molar refractivity (Wildman–Crippen MR) is 59.5 cm³/mol. The van der Waals surface area contributed by atoms with E-state index in [4.69, 9.17) is 0 Å². The summed E-state index contributed by atoms with van der Waals surface area (Å²) in [7, 11) is 0. The summed E-state index contributed by atoms with van der Waals surface area (Å²) < 4.78 is 5.13. The summed E-state index contributed by atoms with van der Waals surface area (Å²) in [6.45, 7) is 10.4. The number of rotatable bonds is 2. The summed E-state index contributed by atoms with van der Waals surface area (Å²) in [6, 6.07) is 0.636. The van der Waals surface area contributed by atoms with Gasteiger partial charge in [0.2, 0.25) is 11.9 Å². The third-order valence-corrected chi connectivity index (χ3v) is 3.37. The van der Waals surface area contributed by atoms with Crippen molar-refractivity contribution in [2.45, 2.75) is 52.7 Å². The van der Waals surface area contributed by atoms with Gasteiger partial charge < -0.3 is 0 Å². The van der Waals surface area contributed by atoms with Crippen molar-refractivity contribution in [3.05, 3.63) is 0 Å². The molecule has 0 aromatic heterocycles. The first-order valence-electron chi connectivity index (χ1n) is 5.87. The molecule has 14 heavy (non-hydrogen) atoms. The Hall–Kier alpha value is -0.660. The summed E-state index contributed by atoms with van der Waals surface area (Å²) >= 11 is 0. The zero-order chi connectivity index (χ0) is 10.3. The average molecular weight is 194 g/mol. The highest BCUT2D eigenvalue weighted by Gasteiger charge is 2.46. The van der Waals surface area contributed by atoms with Crippen LogP contribution in [0.2, 0.25) is 0 Å². The second-order valence-corrected chi connectivity index (χ2v) is 5.07. The van der Waals surface area contributed by atoms with Gasteiger partial charge in [-0.05, 0) is 13.8 Å². The Labute approximate surface area is 87.0 Å². The zero-order valence-corrected chi connectivity index (χ0v) is 9.83. The summed E-state index contributed by atoms with van der Waals surface area (Å²) in [5.41, 5.74) is 1.54.